The number of ether oxygens (including phenoxy) is 1. The summed E-state index contributed by atoms with van der Waals surface area (Å²) in [6, 6.07) is 20.7. The Morgan fingerprint density at radius 1 is 1.00 bits per heavy atom. The Morgan fingerprint density at radius 2 is 1.68 bits per heavy atom. The van der Waals surface area contributed by atoms with E-state index in [0.717, 1.165) is 23.6 Å². The molecule has 1 aliphatic rings. The summed E-state index contributed by atoms with van der Waals surface area (Å²) < 4.78 is 5.75. The Morgan fingerprint density at radius 3 is 2.42 bits per heavy atom. The van der Waals surface area contributed by atoms with Crippen LogP contribution < -0.4 is 10.1 Å². The number of hydrogen-bond acceptors (Lipinski definition) is 3. The minimum Gasteiger partial charge on any atom is -0.481 e. The average molecular weight is 437 g/mol. The first-order valence-corrected chi connectivity index (χ1v) is 10.9. The van der Waals surface area contributed by atoms with E-state index in [0.29, 0.717) is 29.4 Å². The summed E-state index contributed by atoms with van der Waals surface area (Å²) in [6.07, 6.45) is 0.856. The maximum Gasteiger partial charge on any atom is 0.263 e. The van der Waals surface area contributed by atoms with Gasteiger partial charge >= 0.3 is 0 Å². The number of likely N-dealkylation sites (tertiary alicyclic amines) is 1. The van der Waals surface area contributed by atoms with Gasteiger partial charge in [-0.3, -0.25) is 9.59 Å². The Kier molecular flexibility index (Phi) is 6.42. The molecule has 1 unspecified atom stereocenters. The van der Waals surface area contributed by atoms with E-state index in [1.165, 1.54) is 0 Å². The first-order valence-electron chi connectivity index (χ1n) is 10.5. The lowest BCUT2D eigenvalue weighted by Gasteiger charge is -2.34. The van der Waals surface area contributed by atoms with Gasteiger partial charge in [-0.05, 0) is 60.9 Å². The summed E-state index contributed by atoms with van der Waals surface area (Å²) >= 11 is 5.89. The van der Waals surface area contributed by atoms with Crippen molar-refractivity contribution in [1.29, 1.82) is 0 Å². The molecule has 31 heavy (non-hydrogen) atoms. The van der Waals surface area contributed by atoms with Crippen molar-refractivity contribution in [1.82, 2.24) is 10.2 Å². The lowest BCUT2D eigenvalue weighted by Crippen LogP contribution is -2.49. The van der Waals surface area contributed by atoms with E-state index in [4.69, 9.17) is 16.3 Å². The van der Waals surface area contributed by atoms with Gasteiger partial charge in [0, 0.05) is 29.7 Å². The van der Waals surface area contributed by atoms with Gasteiger partial charge in [0.15, 0.2) is 6.10 Å². The molecule has 1 heterocycles. The fraction of sp³-hybridized carbons (Fsp3) is 0.280. The summed E-state index contributed by atoms with van der Waals surface area (Å²) in [6.45, 7) is 2.94. The van der Waals surface area contributed by atoms with Crippen LogP contribution in [-0.2, 0) is 4.79 Å². The zero-order chi connectivity index (χ0) is 21.8. The quantitative estimate of drug-likeness (QED) is 0.631. The molecule has 4 rings (SSSR count). The van der Waals surface area contributed by atoms with Gasteiger partial charge in [-0.25, -0.2) is 0 Å². The van der Waals surface area contributed by atoms with Gasteiger partial charge in [0.05, 0.1) is 0 Å². The number of carbonyl (C=O) groups excluding carboxylic acids is 2. The molecule has 1 N–H and O–H groups in total. The molecule has 6 heteroatoms. The number of rotatable bonds is 5. The molecular weight excluding hydrogens is 412 g/mol. The van der Waals surface area contributed by atoms with Crippen molar-refractivity contribution in [2.24, 2.45) is 0 Å². The third-order valence-corrected chi connectivity index (χ3v) is 5.90. The van der Waals surface area contributed by atoms with Gasteiger partial charge in [-0.2, -0.15) is 0 Å². The molecule has 0 aliphatic carbocycles. The van der Waals surface area contributed by atoms with Crippen LogP contribution in [0.15, 0.2) is 66.7 Å². The van der Waals surface area contributed by atoms with Crippen molar-refractivity contribution in [3.05, 3.63) is 77.3 Å². The highest BCUT2D eigenvalue weighted by molar-refractivity contribution is 6.30. The standard InChI is InChI=1S/C25H25ClN2O3/c1-17(31-21-11-9-19(26)10-12-21)25(30)28-15-13-20(14-16-28)27-24(29)23-8-4-6-18-5-2-3-7-22(18)23/h2-12,17,20H,13-16H2,1H3,(H,27,29). The Balaban J connectivity index is 1.31. The van der Waals surface area contributed by atoms with Crippen LogP contribution in [0.4, 0.5) is 0 Å². The second-order valence-electron chi connectivity index (χ2n) is 7.81. The molecule has 3 aromatic carbocycles. The highest BCUT2D eigenvalue weighted by atomic mass is 35.5. The van der Waals surface area contributed by atoms with Crippen molar-refractivity contribution < 1.29 is 14.3 Å². The van der Waals surface area contributed by atoms with E-state index in [9.17, 15) is 9.59 Å². The van der Waals surface area contributed by atoms with Crippen LogP contribution in [0.5, 0.6) is 5.75 Å². The summed E-state index contributed by atoms with van der Waals surface area (Å²) in [5.41, 5.74) is 0.682. The molecular formula is C25H25ClN2O3. The van der Waals surface area contributed by atoms with Crippen LogP contribution >= 0.6 is 11.6 Å². The highest BCUT2D eigenvalue weighted by Crippen LogP contribution is 2.21. The van der Waals surface area contributed by atoms with Gasteiger partial charge < -0.3 is 15.0 Å². The first kappa shape index (κ1) is 21.2. The van der Waals surface area contributed by atoms with E-state index >= 15 is 0 Å². The Labute approximate surface area is 186 Å². The summed E-state index contributed by atoms with van der Waals surface area (Å²) in [5.74, 6) is 0.497. The second kappa shape index (κ2) is 9.40. The summed E-state index contributed by atoms with van der Waals surface area (Å²) in [4.78, 5) is 27.4. The van der Waals surface area contributed by atoms with Crippen molar-refractivity contribution in [3.63, 3.8) is 0 Å². The number of nitrogens with zero attached hydrogens (tertiary/aromatic N) is 1. The van der Waals surface area contributed by atoms with Gasteiger partial charge in [0.2, 0.25) is 0 Å². The Hall–Kier alpha value is -3.05. The van der Waals surface area contributed by atoms with Gasteiger partial charge in [0.25, 0.3) is 11.8 Å². The van der Waals surface area contributed by atoms with Crippen LogP contribution in [-0.4, -0.2) is 41.9 Å². The third kappa shape index (κ3) is 5.00. The number of fused-ring (bicyclic) bond motifs is 1. The van der Waals surface area contributed by atoms with Crippen LogP contribution in [0.2, 0.25) is 5.02 Å². The van der Waals surface area contributed by atoms with E-state index < -0.39 is 6.10 Å². The van der Waals surface area contributed by atoms with Crippen molar-refractivity contribution >= 4 is 34.2 Å². The van der Waals surface area contributed by atoms with E-state index in [2.05, 4.69) is 5.32 Å². The van der Waals surface area contributed by atoms with Crippen LogP contribution in [0, 0.1) is 0 Å². The number of benzene rings is 3. The van der Waals surface area contributed by atoms with E-state index in [1.807, 2.05) is 42.5 Å². The second-order valence-corrected chi connectivity index (χ2v) is 8.25. The normalized spacial score (nSPS) is 15.5. The van der Waals surface area contributed by atoms with Crippen LogP contribution in [0.3, 0.4) is 0 Å². The number of amides is 2. The van der Waals surface area contributed by atoms with Crippen molar-refractivity contribution in [2.45, 2.75) is 31.9 Å². The monoisotopic (exact) mass is 436 g/mol. The highest BCUT2D eigenvalue weighted by Gasteiger charge is 2.28. The number of piperidine rings is 1. The minimum atomic E-state index is -0.581. The lowest BCUT2D eigenvalue weighted by atomic mass is 10.0. The molecule has 5 nitrogen and oxygen atoms in total. The third-order valence-electron chi connectivity index (χ3n) is 5.65. The maximum absolute atomic E-state index is 12.9. The summed E-state index contributed by atoms with van der Waals surface area (Å²) in [7, 11) is 0. The largest absolute Gasteiger partial charge is 0.481 e. The fourth-order valence-electron chi connectivity index (χ4n) is 3.96. The number of nitrogens with one attached hydrogen (secondary N) is 1. The average Bonchev–Trinajstić information content (AvgIpc) is 2.80. The molecule has 1 saturated heterocycles. The number of halogens is 1. The molecule has 1 aliphatic heterocycles. The SMILES string of the molecule is CC(Oc1ccc(Cl)cc1)C(=O)N1CCC(NC(=O)c2cccc3ccccc23)CC1. The number of carbonyl (C=O) groups is 2. The van der Waals surface area contributed by atoms with Crippen LogP contribution in [0.1, 0.15) is 30.1 Å². The molecule has 3 aromatic rings. The summed E-state index contributed by atoms with van der Waals surface area (Å²) in [5, 5.41) is 5.76. The van der Waals surface area contributed by atoms with Gasteiger partial charge in [0.1, 0.15) is 5.75 Å². The topological polar surface area (TPSA) is 58.6 Å². The molecule has 0 bridgehead atoms. The molecule has 1 fully saturated rings. The number of hydrogen-bond donors (Lipinski definition) is 1. The fourth-order valence-corrected chi connectivity index (χ4v) is 4.08. The van der Waals surface area contributed by atoms with Gasteiger partial charge in [-0.1, -0.05) is 48.0 Å². The van der Waals surface area contributed by atoms with Crippen LogP contribution in [0.25, 0.3) is 10.8 Å². The first-order chi connectivity index (χ1) is 15.0. The molecule has 160 valence electrons. The molecule has 2 amide bonds. The predicted octanol–water partition coefficient (Wildman–Crippen LogP) is 4.68. The predicted molar refractivity (Wildman–Crippen MR) is 123 cm³/mol. The molecule has 1 atom stereocenters. The molecule has 0 aromatic heterocycles. The smallest absolute Gasteiger partial charge is 0.263 e. The van der Waals surface area contributed by atoms with Crippen molar-refractivity contribution in [2.75, 3.05) is 13.1 Å². The maximum atomic E-state index is 12.9. The van der Waals surface area contributed by atoms with Gasteiger partial charge in [-0.15, -0.1) is 0 Å². The molecule has 0 spiro atoms. The zero-order valence-electron chi connectivity index (χ0n) is 17.4. The Bertz CT molecular complexity index is 1070. The van der Waals surface area contributed by atoms with E-state index in [-0.39, 0.29) is 17.9 Å². The zero-order valence-corrected chi connectivity index (χ0v) is 18.1. The van der Waals surface area contributed by atoms with E-state index in [1.54, 1.807) is 36.1 Å². The molecule has 0 radical (unpaired) electrons. The van der Waals surface area contributed by atoms with Crippen molar-refractivity contribution in [3.8, 4) is 5.75 Å². The lowest BCUT2D eigenvalue weighted by molar-refractivity contribution is -0.139. The minimum absolute atomic E-state index is 0.0445. The molecule has 0 saturated carbocycles.